The summed E-state index contributed by atoms with van der Waals surface area (Å²) < 4.78 is 6.17. The summed E-state index contributed by atoms with van der Waals surface area (Å²) in [5.41, 5.74) is 8.51. The topological polar surface area (TPSA) is 4.93 Å². The van der Waals surface area contributed by atoms with Gasteiger partial charge in [-0.25, -0.2) is 0 Å². The smallest absolute Gasteiger partial charge is 0.0547 e. The summed E-state index contributed by atoms with van der Waals surface area (Å²) in [6.45, 7) is 0. The fraction of sp³-hybridized carbons (Fsp3) is 0. The number of aromatic nitrogens is 1. The molecule has 1 nitrogen and oxygen atoms in total. The Morgan fingerprint density at radius 2 is 1.08 bits per heavy atom. The van der Waals surface area contributed by atoms with E-state index in [0.717, 1.165) is 4.47 Å². The largest absolute Gasteiger partial charge is 0.309 e. The van der Waals surface area contributed by atoms with Gasteiger partial charge in [0.15, 0.2) is 0 Å². The average molecular weight is 581 g/mol. The highest BCUT2D eigenvalue weighted by molar-refractivity contribution is 9.10. The maximum Gasteiger partial charge on any atom is 0.0547 e. The van der Waals surface area contributed by atoms with Crippen LogP contribution in [0.25, 0.3) is 69.9 Å². The highest BCUT2D eigenvalue weighted by atomic mass is 79.9. The van der Waals surface area contributed by atoms with E-state index in [2.05, 4.69) is 154 Å². The van der Waals surface area contributed by atoms with Crippen molar-refractivity contribution in [3.63, 3.8) is 0 Å². The first-order chi connectivity index (χ1) is 19.2. The molecule has 6 aromatic carbocycles. The Bertz CT molecular complexity index is 2180. The average Bonchev–Trinajstić information content (AvgIpc) is 3.52. The highest BCUT2D eigenvalue weighted by Gasteiger charge is 2.15. The highest BCUT2D eigenvalue weighted by Crippen LogP contribution is 2.39. The molecule has 0 radical (unpaired) electrons. The Morgan fingerprint density at radius 3 is 1.90 bits per heavy atom. The molecule has 0 bridgehead atoms. The molecule has 39 heavy (non-hydrogen) atoms. The quantitative estimate of drug-likeness (QED) is 0.196. The maximum atomic E-state index is 3.59. The Morgan fingerprint density at radius 1 is 0.436 bits per heavy atom. The molecule has 0 aliphatic rings. The van der Waals surface area contributed by atoms with Crippen LogP contribution in [-0.2, 0) is 0 Å². The van der Waals surface area contributed by atoms with Gasteiger partial charge in [0.1, 0.15) is 0 Å². The van der Waals surface area contributed by atoms with Crippen molar-refractivity contribution in [3.05, 3.63) is 138 Å². The number of halogens is 1. The minimum atomic E-state index is 1.09. The molecule has 0 saturated heterocycles. The van der Waals surface area contributed by atoms with Crippen LogP contribution in [0.1, 0.15) is 0 Å². The molecule has 0 fully saturated rings. The third-order valence-corrected chi connectivity index (χ3v) is 9.30. The molecule has 0 atom stereocenters. The van der Waals surface area contributed by atoms with Gasteiger partial charge in [0, 0.05) is 41.1 Å². The normalized spacial score (nSPS) is 11.7. The third-order valence-electron chi connectivity index (χ3n) is 7.67. The van der Waals surface area contributed by atoms with Gasteiger partial charge < -0.3 is 4.57 Å². The molecule has 0 N–H and O–H groups in total. The third kappa shape index (κ3) is 3.73. The summed E-state index contributed by atoms with van der Waals surface area (Å²) in [5, 5.41) is 5.21. The number of thiophene rings is 1. The van der Waals surface area contributed by atoms with Crippen LogP contribution in [0, 0.1) is 0 Å². The zero-order valence-electron chi connectivity index (χ0n) is 20.9. The van der Waals surface area contributed by atoms with Gasteiger partial charge in [0.2, 0.25) is 0 Å². The van der Waals surface area contributed by atoms with E-state index in [1.807, 2.05) is 11.3 Å². The van der Waals surface area contributed by atoms with Crippen molar-refractivity contribution >= 4 is 69.2 Å². The number of hydrogen-bond acceptors (Lipinski definition) is 1. The molecule has 8 aromatic rings. The minimum Gasteiger partial charge on any atom is -0.309 e. The number of benzene rings is 6. The standard InChI is InChI=1S/C36H22BrNS/c37-27-7-5-6-25(20-27)23-12-14-24(15-13-23)26-16-18-30-29-8-1-3-10-33(29)38(34(30)21-26)28-17-19-32-31-9-2-4-11-35(31)39-36(32)22-28/h1-22H. The fourth-order valence-corrected chi connectivity index (χ4v) is 7.34. The Hall–Kier alpha value is -4.18. The Balaban J connectivity index is 1.30. The van der Waals surface area contributed by atoms with Crippen molar-refractivity contribution in [1.82, 2.24) is 4.57 Å². The predicted molar refractivity (Wildman–Crippen MR) is 172 cm³/mol. The molecule has 0 saturated carbocycles. The number of para-hydroxylation sites is 1. The van der Waals surface area contributed by atoms with Gasteiger partial charge in [0.25, 0.3) is 0 Å². The van der Waals surface area contributed by atoms with Gasteiger partial charge in [-0.05, 0) is 64.7 Å². The van der Waals surface area contributed by atoms with E-state index >= 15 is 0 Å². The monoisotopic (exact) mass is 579 g/mol. The Labute approximate surface area is 238 Å². The van der Waals surface area contributed by atoms with Gasteiger partial charge >= 0.3 is 0 Å². The lowest BCUT2D eigenvalue weighted by molar-refractivity contribution is 1.19. The lowest BCUT2D eigenvalue weighted by Crippen LogP contribution is -1.93. The van der Waals surface area contributed by atoms with Gasteiger partial charge in [0.05, 0.1) is 11.0 Å². The first-order valence-corrected chi connectivity index (χ1v) is 14.7. The molecule has 2 aromatic heterocycles. The molecule has 3 heteroatoms. The Kier molecular flexibility index (Phi) is 5.22. The van der Waals surface area contributed by atoms with Crippen LogP contribution >= 0.6 is 27.3 Å². The predicted octanol–water partition coefficient (Wildman–Crippen LogP) is 11.2. The second kappa shape index (κ2) is 8.94. The summed E-state index contributed by atoms with van der Waals surface area (Å²) in [4.78, 5) is 0. The zero-order valence-corrected chi connectivity index (χ0v) is 23.3. The van der Waals surface area contributed by atoms with Crippen molar-refractivity contribution in [2.75, 3.05) is 0 Å². The molecule has 2 heterocycles. The number of fused-ring (bicyclic) bond motifs is 6. The summed E-state index contributed by atoms with van der Waals surface area (Å²) in [6, 6.07) is 48.6. The van der Waals surface area contributed by atoms with Crippen molar-refractivity contribution in [2.24, 2.45) is 0 Å². The van der Waals surface area contributed by atoms with Crippen LogP contribution in [0.15, 0.2) is 138 Å². The molecule has 0 amide bonds. The van der Waals surface area contributed by atoms with Crippen LogP contribution in [0.5, 0.6) is 0 Å². The van der Waals surface area contributed by atoms with E-state index in [1.165, 1.54) is 69.9 Å². The van der Waals surface area contributed by atoms with E-state index < -0.39 is 0 Å². The minimum absolute atomic E-state index is 1.09. The van der Waals surface area contributed by atoms with Gasteiger partial charge in [-0.2, -0.15) is 0 Å². The van der Waals surface area contributed by atoms with Crippen LogP contribution in [-0.4, -0.2) is 4.57 Å². The first kappa shape index (κ1) is 22.8. The van der Waals surface area contributed by atoms with E-state index in [1.54, 1.807) is 0 Å². The number of rotatable bonds is 3. The van der Waals surface area contributed by atoms with E-state index in [4.69, 9.17) is 0 Å². The summed E-state index contributed by atoms with van der Waals surface area (Å²) in [5.74, 6) is 0. The molecule has 0 aliphatic heterocycles. The van der Waals surface area contributed by atoms with E-state index in [9.17, 15) is 0 Å². The van der Waals surface area contributed by atoms with Gasteiger partial charge in [-0.3, -0.25) is 0 Å². The summed E-state index contributed by atoms with van der Waals surface area (Å²) >= 11 is 5.46. The van der Waals surface area contributed by atoms with Gasteiger partial charge in [-0.15, -0.1) is 11.3 Å². The van der Waals surface area contributed by atoms with E-state index in [0.29, 0.717) is 0 Å². The SMILES string of the molecule is Brc1cccc(-c2ccc(-c3ccc4c5ccccc5n(-c5ccc6c(c5)sc5ccccc56)c4c3)cc2)c1. The van der Waals surface area contributed by atoms with Gasteiger partial charge in [-0.1, -0.05) is 107 Å². The molecule has 184 valence electrons. The van der Waals surface area contributed by atoms with Crippen LogP contribution in [0.2, 0.25) is 0 Å². The molecule has 0 aliphatic carbocycles. The van der Waals surface area contributed by atoms with Crippen LogP contribution in [0.3, 0.4) is 0 Å². The van der Waals surface area contributed by atoms with Crippen molar-refractivity contribution < 1.29 is 0 Å². The van der Waals surface area contributed by atoms with Crippen LogP contribution < -0.4 is 0 Å². The number of nitrogens with zero attached hydrogens (tertiary/aromatic N) is 1. The molecule has 0 spiro atoms. The second-order valence-electron chi connectivity index (χ2n) is 9.95. The van der Waals surface area contributed by atoms with Crippen molar-refractivity contribution in [1.29, 1.82) is 0 Å². The molecule has 0 unspecified atom stereocenters. The zero-order chi connectivity index (χ0) is 25.9. The summed E-state index contributed by atoms with van der Waals surface area (Å²) in [6.07, 6.45) is 0. The molecular weight excluding hydrogens is 558 g/mol. The number of hydrogen-bond donors (Lipinski definition) is 0. The van der Waals surface area contributed by atoms with E-state index in [-0.39, 0.29) is 0 Å². The summed E-state index contributed by atoms with van der Waals surface area (Å²) in [7, 11) is 0. The van der Waals surface area contributed by atoms with Crippen LogP contribution in [0.4, 0.5) is 0 Å². The molecule has 8 rings (SSSR count). The van der Waals surface area contributed by atoms with Crippen molar-refractivity contribution in [2.45, 2.75) is 0 Å². The lowest BCUT2D eigenvalue weighted by Gasteiger charge is -2.10. The first-order valence-electron chi connectivity index (χ1n) is 13.0. The fourth-order valence-electron chi connectivity index (χ4n) is 5.81. The second-order valence-corrected chi connectivity index (χ2v) is 12.0. The molecular formula is C36H22BrNS. The lowest BCUT2D eigenvalue weighted by atomic mass is 9.99. The van der Waals surface area contributed by atoms with Crippen molar-refractivity contribution in [3.8, 4) is 27.9 Å². The maximum absolute atomic E-state index is 3.59.